The molecule has 0 spiro atoms. The molecule has 0 aliphatic heterocycles. The summed E-state index contributed by atoms with van der Waals surface area (Å²) in [6.07, 6.45) is -15.1. The minimum atomic E-state index is -4.96. The molecule has 5 nitrogen and oxygen atoms in total. The van der Waals surface area contributed by atoms with Crippen molar-refractivity contribution in [3.8, 4) is 23.1 Å². The van der Waals surface area contributed by atoms with Crippen LogP contribution in [0, 0.1) is 16.7 Å². The van der Waals surface area contributed by atoms with Crippen LogP contribution in [0.1, 0.15) is 24.6 Å². The molecule has 1 atom stereocenters. The number of ether oxygens (including phenoxy) is 1. The fourth-order valence-corrected chi connectivity index (χ4v) is 3.20. The SMILES string of the molecule is CC1(C(F)(F)F)CC=C(C(F)(F)F)C=C1COc1cc(-c2n[nH]nc2C#N)cc(C(F)(F)F)c1. The number of hydrogen-bond acceptors (Lipinski definition) is 4. The van der Waals surface area contributed by atoms with E-state index in [0.29, 0.717) is 25.1 Å². The third kappa shape index (κ3) is 4.87. The third-order valence-electron chi connectivity index (χ3n) is 5.28. The predicted molar refractivity (Wildman–Crippen MR) is 98.0 cm³/mol. The van der Waals surface area contributed by atoms with Crippen LogP contribution >= 0.6 is 0 Å². The van der Waals surface area contributed by atoms with E-state index >= 15 is 0 Å². The molecule has 0 saturated heterocycles. The zero-order chi connectivity index (χ0) is 25.5. The van der Waals surface area contributed by atoms with Crippen LogP contribution in [0.3, 0.4) is 0 Å². The minimum absolute atomic E-state index is 0.280. The van der Waals surface area contributed by atoms with E-state index < -0.39 is 59.4 Å². The molecule has 1 unspecified atom stereocenters. The molecule has 3 rings (SSSR count). The van der Waals surface area contributed by atoms with Gasteiger partial charge in [-0.05, 0) is 43.2 Å². The average molecular weight is 496 g/mol. The number of alkyl halides is 9. The fraction of sp³-hybridized carbons (Fsp3) is 0.350. The Morgan fingerprint density at radius 3 is 2.26 bits per heavy atom. The van der Waals surface area contributed by atoms with Crippen molar-refractivity contribution < 1.29 is 44.3 Å². The highest BCUT2D eigenvalue weighted by Gasteiger charge is 2.55. The number of aromatic nitrogens is 3. The molecule has 0 amide bonds. The number of nitrogens with zero attached hydrogens (tertiary/aromatic N) is 3. The molecule has 34 heavy (non-hydrogen) atoms. The third-order valence-corrected chi connectivity index (χ3v) is 5.28. The minimum Gasteiger partial charge on any atom is -0.489 e. The summed E-state index contributed by atoms with van der Waals surface area (Å²) in [4.78, 5) is 0. The quantitative estimate of drug-likeness (QED) is 0.517. The fourth-order valence-electron chi connectivity index (χ4n) is 3.20. The van der Waals surface area contributed by atoms with Gasteiger partial charge in [0, 0.05) is 5.56 Å². The van der Waals surface area contributed by atoms with Gasteiger partial charge in [-0.25, -0.2) is 0 Å². The number of nitriles is 1. The van der Waals surface area contributed by atoms with Crippen LogP contribution in [-0.2, 0) is 6.18 Å². The van der Waals surface area contributed by atoms with Gasteiger partial charge in [0.25, 0.3) is 0 Å². The van der Waals surface area contributed by atoms with Crippen LogP contribution in [0.15, 0.2) is 41.5 Å². The van der Waals surface area contributed by atoms with Gasteiger partial charge in [0.15, 0.2) is 5.69 Å². The monoisotopic (exact) mass is 496 g/mol. The van der Waals surface area contributed by atoms with Gasteiger partial charge in [-0.15, -0.1) is 5.10 Å². The van der Waals surface area contributed by atoms with Crippen molar-refractivity contribution in [2.24, 2.45) is 5.41 Å². The van der Waals surface area contributed by atoms with Crippen molar-refractivity contribution in [2.45, 2.75) is 31.9 Å². The Morgan fingerprint density at radius 2 is 1.71 bits per heavy atom. The topological polar surface area (TPSA) is 74.6 Å². The van der Waals surface area contributed by atoms with Crippen LogP contribution in [0.4, 0.5) is 39.5 Å². The highest BCUT2D eigenvalue weighted by Crippen LogP contribution is 2.51. The number of nitrogens with one attached hydrogen (secondary N) is 1. The summed E-state index contributed by atoms with van der Waals surface area (Å²) in [5.41, 5.74) is -7.07. The van der Waals surface area contributed by atoms with Gasteiger partial charge in [-0.2, -0.15) is 55.1 Å². The summed E-state index contributed by atoms with van der Waals surface area (Å²) in [7, 11) is 0. The van der Waals surface area contributed by atoms with Gasteiger partial charge in [0.2, 0.25) is 0 Å². The Kier molecular flexibility index (Phi) is 6.19. The lowest BCUT2D eigenvalue weighted by Crippen LogP contribution is -2.40. The molecule has 182 valence electrons. The lowest BCUT2D eigenvalue weighted by Gasteiger charge is -2.36. The smallest absolute Gasteiger partial charge is 0.416 e. The largest absolute Gasteiger partial charge is 0.489 e. The van der Waals surface area contributed by atoms with Crippen LogP contribution in [0.25, 0.3) is 11.3 Å². The summed E-state index contributed by atoms with van der Waals surface area (Å²) < 4.78 is 126. The predicted octanol–water partition coefficient (Wildman–Crippen LogP) is 6.13. The summed E-state index contributed by atoms with van der Waals surface area (Å²) in [6.45, 7) is -0.397. The molecule has 0 saturated carbocycles. The molecule has 1 aromatic heterocycles. The molecule has 1 aromatic carbocycles. The van der Waals surface area contributed by atoms with Gasteiger partial charge in [-0.1, -0.05) is 6.08 Å². The van der Waals surface area contributed by atoms with Gasteiger partial charge >= 0.3 is 18.5 Å². The van der Waals surface area contributed by atoms with E-state index in [1.807, 2.05) is 0 Å². The average Bonchev–Trinajstić information content (AvgIpc) is 3.19. The van der Waals surface area contributed by atoms with Gasteiger partial charge < -0.3 is 4.74 Å². The second-order valence-corrected chi connectivity index (χ2v) is 7.53. The Balaban J connectivity index is 2.02. The zero-order valence-corrected chi connectivity index (χ0v) is 17.0. The number of rotatable bonds is 4. The summed E-state index contributed by atoms with van der Waals surface area (Å²) in [6, 6.07) is 3.67. The van der Waals surface area contributed by atoms with Crippen LogP contribution in [0.2, 0.25) is 0 Å². The van der Waals surface area contributed by atoms with E-state index in [-0.39, 0.29) is 23.0 Å². The number of H-pyrrole nitrogens is 1. The number of halogens is 9. The maximum absolute atomic E-state index is 13.7. The van der Waals surface area contributed by atoms with E-state index in [0.717, 1.165) is 6.07 Å². The van der Waals surface area contributed by atoms with E-state index in [2.05, 4.69) is 15.4 Å². The van der Waals surface area contributed by atoms with E-state index in [1.165, 1.54) is 0 Å². The first-order chi connectivity index (χ1) is 15.6. The van der Waals surface area contributed by atoms with Crippen molar-refractivity contribution in [2.75, 3.05) is 6.61 Å². The Morgan fingerprint density at radius 1 is 1.03 bits per heavy atom. The number of allylic oxidation sites excluding steroid dienone is 3. The maximum Gasteiger partial charge on any atom is 0.416 e. The van der Waals surface area contributed by atoms with Crippen LogP contribution in [0.5, 0.6) is 5.75 Å². The number of hydrogen-bond donors (Lipinski definition) is 1. The van der Waals surface area contributed by atoms with Gasteiger partial charge in [0.1, 0.15) is 24.1 Å². The van der Waals surface area contributed by atoms with Crippen LogP contribution < -0.4 is 4.74 Å². The van der Waals surface area contributed by atoms with E-state index in [1.54, 1.807) is 6.07 Å². The summed E-state index contributed by atoms with van der Waals surface area (Å²) in [5.74, 6) is -0.592. The standard InChI is InChI=1S/C20H13F9N4O/c1-17(20(27,28)29)3-2-11(18(21,22)23)6-13(17)9-34-14-5-10(4-12(7-14)19(24,25)26)16-15(8-30)31-33-32-16/h2,4-7H,3,9H2,1H3,(H,31,32,33). The Hall–Kier alpha value is -3.50. The zero-order valence-electron chi connectivity index (χ0n) is 17.0. The van der Waals surface area contributed by atoms with Gasteiger partial charge in [-0.3, -0.25) is 0 Å². The molecule has 2 aromatic rings. The second kappa shape index (κ2) is 8.37. The van der Waals surface area contributed by atoms with Crippen molar-refractivity contribution in [1.82, 2.24) is 15.4 Å². The van der Waals surface area contributed by atoms with Crippen molar-refractivity contribution in [3.63, 3.8) is 0 Å². The molecule has 0 radical (unpaired) electrons. The summed E-state index contributed by atoms with van der Waals surface area (Å²) in [5, 5.41) is 18.1. The van der Waals surface area contributed by atoms with Crippen molar-refractivity contribution in [1.29, 1.82) is 5.26 Å². The molecule has 1 aliphatic rings. The Bertz CT molecular complexity index is 1180. The molecule has 14 heteroatoms. The second-order valence-electron chi connectivity index (χ2n) is 7.53. The first kappa shape index (κ1) is 25.1. The molecule has 1 aliphatic carbocycles. The van der Waals surface area contributed by atoms with Gasteiger partial charge in [0.05, 0.1) is 16.6 Å². The van der Waals surface area contributed by atoms with E-state index in [9.17, 15) is 39.5 Å². The van der Waals surface area contributed by atoms with Crippen molar-refractivity contribution >= 4 is 0 Å². The normalized spacial score (nSPS) is 19.3. The highest BCUT2D eigenvalue weighted by atomic mass is 19.4. The molecular formula is C20H13F9N4O. The number of aromatic amines is 1. The molecule has 1 heterocycles. The summed E-state index contributed by atoms with van der Waals surface area (Å²) >= 11 is 0. The van der Waals surface area contributed by atoms with Crippen LogP contribution in [-0.4, -0.2) is 34.4 Å². The maximum atomic E-state index is 13.7. The lowest BCUT2D eigenvalue weighted by molar-refractivity contribution is -0.205. The first-order valence-corrected chi connectivity index (χ1v) is 9.28. The Labute approximate surface area is 185 Å². The molecule has 1 N–H and O–H groups in total. The highest BCUT2D eigenvalue weighted by molar-refractivity contribution is 5.67. The van der Waals surface area contributed by atoms with Crippen molar-refractivity contribution in [3.05, 3.63) is 52.8 Å². The lowest BCUT2D eigenvalue weighted by atomic mass is 9.74. The van der Waals surface area contributed by atoms with E-state index in [4.69, 9.17) is 10.00 Å². The molecule has 0 fully saturated rings. The molecule has 0 bridgehead atoms. The first-order valence-electron chi connectivity index (χ1n) is 9.28. The number of benzene rings is 1. The molecular weight excluding hydrogens is 483 g/mol.